The summed E-state index contributed by atoms with van der Waals surface area (Å²) >= 11 is 2.80. The first-order valence-electron chi connectivity index (χ1n) is 7.37. The van der Waals surface area contributed by atoms with E-state index in [1.54, 1.807) is 24.3 Å². The van der Waals surface area contributed by atoms with Gasteiger partial charge in [-0.25, -0.2) is 9.97 Å². The van der Waals surface area contributed by atoms with Crippen LogP contribution in [-0.4, -0.2) is 57.8 Å². The molecule has 1 aliphatic heterocycles. The van der Waals surface area contributed by atoms with E-state index >= 15 is 0 Å². The Morgan fingerprint density at radius 3 is 2.30 bits per heavy atom. The molecule has 1 unspecified atom stereocenters. The smallest absolute Gasteiger partial charge is 0.265 e. The van der Waals surface area contributed by atoms with Crippen LogP contribution in [0.3, 0.4) is 0 Å². The number of likely N-dealkylation sites (N-methyl/N-ethyl adjacent to an activating group) is 1. The standard InChI is InChI=1S/C15H18N4O2S2/c1-9-16-6-12(22-9)14(20)18(3)8-11-4-5-19(11)15(21)13-7-17-10(2)23-13/h6-7,11H,4-5,8H2,1-3H3. The van der Waals surface area contributed by atoms with Crippen molar-refractivity contribution in [3.05, 3.63) is 32.2 Å². The third-order valence-corrected chi connectivity index (χ3v) is 5.70. The van der Waals surface area contributed by atoms with E-state index < -0.39 is 0 Å². The first-order chi connectivity index (χ1) is 11.0. The second-order valence-electron chi connectivity index (χ2n) is 5.61. The quantitative estimate of drug-likeness (QED) is 0.848. The Morgan fingerprint density at radius 1 is 1.22 bits per heavy atom. The lowest BCUT2D eigenvalue weighted by Crippen LogP contribution is -2.56. The maximum Gasteiger partial charge on any atom is 0.265 e. The third kappa shape index (κ3) is 3.28. The zero-order valence-electron chi connectivity index (χ0n) is 13.3. The molecule has 1 saturated heterocycles. The van der Waals surface area contributed by atoms with Gasteiger partial charge in [0.15, 0.2) is 0 Å². The summed E-state index contributed by atoms with van der Waals surface area (Å²) in [5, 5.41) is 1.76. The van der Waals surface area contributed by atoms with Crippen LogP contribution in [0, 0.1) is 13.8 Å². The van der Waals surface area contributed by atoms with Crippen molar-refractivity contribution in [2.75, 3.05) is 20.1 Å². The highest BCUT2D eigenvalue weighted by molar-refractivity contribution is 7.13. The minimum atomic E-state index is -0.0384. The maximum atomic E-state index is 12.5. The molecule has 8 heteroatoms. The number of thiazole rings is 2. The average Bonchev–Trinajstić information content (AvgIpc) is 3.11. The summed E-state index contributed by atoms with van der Waals surface area (Å²) in [4.78, 5) is 37.9. The summed E-state index contributed by atoms with van der Waals surface area (Å²) < 4.78 is 0. The molecule has 122 valence electrons. The molecule has 2 amide bonds. The Labute approximate surface area is 142 Å². The van der Waals surface area contributed by atoms with Crippen molar-refractivity contribution < 1.29 is 9.59 Å². The number of carbonyl (C=O) groups excluding carboxylic acids is 2. The van der Waals surface area contributed by atoms with E-state index in [0.29, 0.717) is 16.3 Å². The van der Waals surface area contributed by atoms with Gasteiger partial charge in [0, 0.05) is 20.1 Å². The van der Waals surface area contributed by atoms with Gasteiger partial charge in [0.1, 0.15) is 9.75 Å². The van der Waals surface area contributed by atoms with Crippen LogP contribution in [0.2, 0.25) is 0 Å². The molecule has 0 aromatic carbocycles. The van der Waals surface area contributed by atoms with Crippen LogP contribution in [0.25, 0.3) is 0 Å². The van der Waals surface area contributed by atoms with Crippen molar-refractivity contribution in [3.63, 3.8) is 0 Å². The minimum absolute atomic E-state index is 0.0151. The number of aromatic nitrogens is 2. The van der Waals surface area contributed by atoms with Crippen LogP contribution in [0.1, 0.15) is 35.8 Å². The van der Waals surface area contributed by atoms with Crippen molar-refractivity contribution in [2.45, 2.75) is 26.3 Å². The SMILES string of the molecule is Cc1ncc(C(=O)N(C)CC2CCN2C(=O)c2cnc(C)s2)s1. The van der Waals surface area contributed by atoms with Gasteiger partial charge in [0.2, 0.25) is 0 Å². The first kappa shape index (κ1) is 16.1. The lowest BCUT2D eigenvalue weighted by Gasteiger charge is -2.42. The molecule has 0 radical (unpaired) electrons. The maximum absolute atomic E-state index is 12.5. The number of rotatable bonds is 4. The highest BCUT2D eigenvalue weighted by Crippen LogP contribution is 2.24. The third-order valence-electron chi connectivity index (χ3n) is 3.90. The van der Waals surface area contributed by atoms with E-state index in [2.05, 4.69) is 9.97 Å². The monoisotopic (exact) mass is 350 g/mol. The number of hydrogen-bond donors (Lipinski definition) is 0. The molecule has 0 aliphatic carbocycles. The van der Waals surface area contributed by atoms with Crippen LogP contribution in [0.4, 0.5) is 0 Å². The van der Waals surface area contributed by atoms with Crippen LogP contribution in [0.5, 0.6) is 0 Å². The van der Waals surface area contributed by atoms with Gasteiger partial charge < -0.3 is 9.80 Å². The molecule has 1 aliphatic rings. The second kappa shape index (κ2) is 6.37. The zero-order chi connectivity index (χ0) is 16.6. The van der Waals surface area contributed by atoms with Crippen molar-refractivity contribution in [2.24, 2.45) is 0 Å². The van der Waals surface area contributed by atoms with Gasteiger partial charge in [-0.1, -0.05) is 0 Å². The van der Waals surface area contributed by atoms with Gasteiger partial charge in [-0.3, -0.25) is 9.59 Å². The van der Waals surface area contributed by atoms with Crippen LogP contribution >= 0.6 is 22.7 Å². The predicted octanol–water partition coefficient (Wildman–Crippen LogP) is 2.20. The molecule has 23 heavy (non-hydrogen) atoms. The molecular weight excluding hydrogens is 332 g/mol. The van der Waals surface area contributed by atoms with Crippen LogP contribution in [0.15, 0.2) is 12.4 Å². The van der Waals surface area contributed by atoms with Gasteiger partial charge in [-0.05, 0) is 20.3 Å². The summed E-state index contributed by atoms with van der Waals surface area (Å²) in [5.41, 5.74) is 0. The number of amides is 2. The lowest BCUT2D eigenvalue weighted by atomic mass is 10.0. The predicted molar refractivity (Wildman–Crippen MR) is 90.1 cm³/mol. The number of nitrogens with zero attached hydrogens (tertiary/aromatic N) is 4. The molecule has 2 aromatic rings. The fraction of sp³-hybridized carbons (Fsp3) is 0.467. The van der Waals surface area contributed by atoms with Crippen LogP contribution < -0.4 is 0 Å². The molecule has 1 atom stereocenters. The van der Waals surface area contributed by atoms with Gasteiger partial charge >= 0.3 is 0 Å². The number of hydrogen-bond acceptors (Lipinski definition) is 6. The Balaban J connectivity index is 1.61. The number of aryl methyl sites for hydroxylation is 2. The van der Waals surface area contributed by atoms with Gasteiger partial charge in [0.25, 0.3) is 11.8 Å². The topological polar surface area (TPSA) is 66.4 Å². The highest BCUT2D eigenvalue weighted by Gasteiger charge is 2.35. The van der Waals surface area contributed by atoms with E-state index in [1.807, 2.05) is 18.7 Å². The zero-order valence-corrected chi connectivity index (χ0v) is 14.9. The van der Waals surface area contributed by atoms with Crippen LogP contribution in [-0.2, 0) is 0 Å². The molecule has 0 bridgehead atoms. The second-order valence-corrected chi connectivity index (χ2v) is 8.08. The fourth-order valence-corrected chi connectivity index (χ4v) is 4.05. The van der Waals surface area contributed by atoms with Gasteiger partial charge in [0.05, 0.1) is 28.5 Å². The fourth-order valence-electron chi connectivity index (χ4n) is 2.55. The minimum Gasteiger partial charge on any atom is -0.339 e. The average molecular weight is 350 g/mol. The normalized spacial score (nSPS) is 17.0. The number of likely N-dealkylation sites (tertiary alicyclic amines) is 1. The summed E-state index contributed by atoms with van der Waals surface area (Å²) in [6.07, 6.45) is 4.16. The van der Waals surface area contributed by atoms with Crippen molar-refractivity contribution in [3.8, 4) is 0 Å². The largest absolute Gasteiger partial charge is 0.339 e. The van der Waals surface area contributed by atoms with E-state index in [1.165, 1.54) is 22.7 Å². The summed E-state index contributed by atoms with van der Waals surface area (Å²) in [7, 11) is 1.77. The Morgan fingerprint density at radius 2 is 1.83 bits per heavy atom. The molecule has 0 N–H and O–H groups in total. The Bertz CT molecular complexity index is 739. The Kier molecular flexibility index (Phi) is 4.45. The summed E-state index contributed by atoms with van der Waals surface area (Å²) in [6.45, 7) is 5.05. The molecule has 3 heterocycles. The molecule has 1 fully saturated rings. The first-order valence-corrected chi connectivity index (χ1v) is 9.00. The molecule has 2 aromatic heterocycles. The van der Waals surface area contributed by atoms with E-state index in [0.717, 1.165) is 23.0 Å². The van der Waals surface area contributed by atoms with Crippen molar-refractivity contribution in [1.82, 2.24) is 19.8 Å². The lowest BCUT2D eigenvalue weighted by molar-refractivity contribution is 0.0364. The molecule has 3 rings (SSSR count). The van der Waals surface area contributed by atoms with E-state index in [4.69, 9.17) is 0 Å². The highest BCUT2D eigenvalue weighted by atomic mass is 32.1. The van der Waals surface area contributed by atoms with E-state index in [-0.39, 0.29) is 17.9 Å². The Hall–Kier alpha value is -1.80. The molecule has 0 saturated carbocycles. The van der Waals surface area contributed by atoms with E-state index in [9.17, 15) is 9.59 Å². The number of carbonyl (C=O) groups is 2. The molecule has 0 spiro atoms. The van der Waals surface area contributed by atoms with Crippen molar-refractivity contribution >= 4 is 34.5 Å². The van der Waals surface area contributed by atoms with Gasteiger partial charge in [-0.15, -0.1) is 22.7 Å². The molecule has 6 nitrogen and oxygen atoms in total. The summed E-state index contributed by atoms with van der Waals surface area (Å²) in [5.74, 6) is -0.0233. The van der Waals surface area contributed by atoms with Gasteiger partial charge in [-0.2, -0.15) is 0 Å². The summed E-state index contributed by atoms with van der Waals surface area (Å²) in [6, 6.07) is 0.0767. The molecular formula is C15H18N4O2S2. The van der Waals surface area contributed by atoms with Crippen molar-refractivity contribution in [1.29, 1.82) is 0 Å².